The number of hydrogen-bond acceptors (Lipinski definition) is 8. The average Bonchev–Trinajstić information content (AvgIpc) is 3.24. The Morgan fingerprint density at radius 3 is 2.58 bits per heavy atom. The molecule has 2 aliphatic rings. The fraction of sp³-hybridized carbons (Fsp3) is 0.750. The van der Waals surface area contributed by atoms with Gasteiger partial charge in [-0.1, -0.05) is 34.1 Å². The maximum absolute atomic E-state index is 13.4. The van der Waals surface area contributed by atoms with Crippen LogP contribution in [0.4, 0.5) is 0 Å². The number of aliphatic hydroxyl groups is 2. The van der Waals surface area contributed by atoms with Gasteiger partial charge in [-0.05, 0) is 57.6 Å². The van der Waals surface area contributed by atoms with Crippen molar-refractivity contribution in [3.8, 4) is 0 Å². The lowest BCUT2D eigenvalue weighted by Crippen LogP contribution is -2.46. The van der Waals surface area contributed by atoms with E-state index in [1.807, 2.05) is 39.2 Å². The number of ether oxygens (including phenoxy) is 2. The monoisotopic (exact) mass is 521 g/mol. The van der Waals surface area contributed by atoms with E-state index in [9.17, 15) is 19.8 Å². The topological polar surface area (TPSA) is 109 Å². The zero-order chi connectivity index (χ0) is 26.8. The second-order valence-corrected chi connectivity index (χ2v) is 12.6. The third-order valence-electron chi connectivity index (χ3n) is 8.19. The van der Waals surface area contributed by atoms with Crippen molar-refractivity contribution in [1.29, 1.82) is 0 Å². The number of hydrogen-bond donors (Lipinski definition) is 2. The van der Waals surface area contributed by atoms with Crippen LogP contribution in [0.2, 0.25) is 0 Å². The molecular formula is C28H43NO6S. The molecule has 202 valence electrons. The van der Waals surface area contributed by atoms with Crippen LogP contribution in [0.15, 0.2) is 11.0 Å². The Morgan fingerprint density at radius 1 is 1.28 bits per heavy atom. The normalized spacial score (nSPS) is 36.8. The van der Waals surface area contributed by atoms with Gasteiger partial charge in [-0.2, -0.15) is 0 Å². The summed E-state index contributed by atoms with van der Waals surface area (Å²) in [5, 5.41) is 24.9. The number of nitrogens with zero attached hydrogens (tertiary/aromatic N) is 1. The molecule has 1 aromatic heterocycles. The highest BCUT2D eigenvalue weighted by molar-refractivity contribution is 7.09. The highest BCUT2D eigenvalue weighted by Gasteiger charge is 2.53. The summed E-state index contributed by atoms with van der Waals surface area (Å²) in [6.07, 6.45) is 2.49. The van der Waals surface area contributed by atoms with Crippen LogP contribution in [0.5, 0.6) is 0 Å². The van der Waals surface area contributed by atoms with Crippen LogP contribution in [-0.2, 0) is 19.1 Å². The molecule has 1 aromatic rings. The molecular weight excluding hydrogens is 478 g/mol. The number of carbonyl (C=O) groups is 2. The van der Waals surface area contributed by atoms with Gasteiger partial charge in [0.25, 0.3) is 0 Å². The van der Waals surface area contributed by atoms with Gasteiger partial charge in [-0.25, -0.2) is 4.98 Å². The molecule has 0 unspecified atom stereocenters. The Kier molecular flexibility index (Phi) is 9.18. The molecule has 0 radical (unpaired) electrons. The second-order valence-electron chi connectivity index (χ2n) is 11.5. The zero-order valence-electron chi connectivity index (χ0n) is 22.7. The molecule has 2 saturated heterocycles. The van der Waals surface area contributed by atoms with Crippen molar-refractivity contribution in [2.45, 2.75) is 117 Å². The van der Waals surface area contributed by atoms with E-state index in [2.05, 4.69) is 11.9 Å². The molecule has 2 fully saturated rings. The van der Waals surface area contributed by atoms with E-state index in [0.717, 1.165) is 35.5 Å². The minimum atomic E-state index is -1.23. The number of fused-ring (bicyclic) bond motifs is 1. The summed E-state index contributed by atoms with van der Waals surface area (Å²) in [5.41, 5.74) is 0.183. The molecule has 0 spiro atoms. The number of Topliss-reactive ketones (excluding diaryl/α,β-unsaturated/α-hetero) is 1. The van der Waals surface area contributed by atoms with Crippen LogP contribution >= 0.6 is 11.3 Å². The van der Waals surface area contributed by atoms with Gasteiger partial charge in [0, 0.05) is 17.7 Å². The van der Waals surface area contributed by atoms with Crippen LogP contribution in [0.25, 0.3) is 6.08 Å². The lowest BCUT2D eigenvalue weighted by atomic mass is 9.71. The summed E-state index contributed by atoms with van der Waals surface area (Å²) in [5.74, 6) is -1.45. The molecule has 0 aliphatic carbocycles. The molecule has 36 heavy (non-hydrogen) atoms. The predicted octanol–water partition coefficient (Wildman–Crippen LogP) is 4.87. The van der Waals surface area contributed by atoms with Gasteiger partial charge in [0.05, 0.1) is 46.5 Å². The Balaban J connectivity index is 1.87. The summed E-state index contributed by atoms with van der Waals surface area (Å²) < 4.78 is 12.0. The Morgan fingerprint density at radius 2 is 1.97 bits per heavy atom. The summed E-state index contributed by atoms with van der Waals surface area (Å²) in [6.45, 7) is 13.1. The SMILES string of the molecule is CC[C@H]1C(=O)C(C)(C)[C@@H](O)CC(=O)O[C@H](C(C)=Cc2csc(C)n2)C[C@H]2O[C@]2(C)CCC[C@H](C)[C@@H]1O. The summed E-state index contributed by atoms with van der Waals surface area (Å²) in [7, 11) is 0. The largest absolute Gasteiger partial charge is 0.458 e. The van der Waals surface area contributed by atoms with Crippen molar-refractivity contribution in [2.75, 3.05) is 0 Å². The second kappa shape index (κ2) is 11.4. The van der Waals surface area contributed by atoms with Gasteiger partial charge in [0.1, 0.15) is 11.9 Å². The fourth-order valence-electron chi connectivity index (χ4n) is 5.29. The van der Waals surface area contributed by atoms with Crippen molar-refractivity contribution in [2.24, 2.45) is 17.3 Å². The standard InChI is InChI=1S/C28H43NO6S/c1-8-20-25(32)16(2)10-9-11-28(7)23(35-28)13-21(17(3)12-19-15-36-18(4)29-19)34-24(31)14-22(30)27(5,6)26(20)33/h12,15-16,20-23,25,30,32H,8-11,13-14H2,1-7H3/t16-,20+,21-,22-,23+,25-,28+/m0/s1. The van der Waals surface area contributed by atoms with Crippen molar-refractivity contribution in [3.63, 3.8) is 0 Å². The van der Waals surface area contributed by atoms with Gasteiger partial charge < -0.3 is 19.7 Å². The molecule has 3 heterocycles. The summed E-state index contributed by atoms with van der Waals surface area (Å²) in [4.78, 5) is 30.9. The van der Waals surface area contributed by atoms with E-state index in [1.165, 1.54) is 0 Å². The Hall–Kier alpha value is -1.61. The van der Waals surface area contributed by atoms with E-state index in [1.54, 1.807) is 25.2 Å². The van der Waals surface area contributed by atoms with E-state index in [-0.39, 0.29) is 29.8 Å². The predicted molar refractivity (Wildman–Crippen MR) is 140 cm³/mol. The molecule has 8 heteroatoms. The summed E-state index contributed by atoms with van der Waals surface area (Å²) in [6, 6.07) is 0. The van der Waals surface area contributed by atoms with Gasteiger partial charge in [-0.3, -0.25) is 9.59 Å². The first-order chi connectivity index (χ1) is 16.8. The van der Waals surface area contributed by atoms with Crippen LogP contribution in [0.1, 0.15) is 90.8 Å². The number of ketones is 1. The first-order valence-electron chi connectivity index (χ1n) is 13.2. The number of rotatable bonds is 3. The Bertz CT molecular complexity index is 971. The molecule has 0 amide bonds. The number of thiazole rings is 1. The molecule has 7 atom stereocenters. The summed E-state index contributed by atoms with van der Waals surface area (Å²) >= 11 is 1.56. The lowest BCUT2D eigenvalue weighted by molar-refractivity contribution is -0.154. The van der Waals surface area contributed by atoms with E-state index in [0.29, 0.717) is 12.8 Å². The highest BCUT2D eigenvalue weighted by atomic mass is 32.1. The third-order valence-corrected chi connectivity index (χ3v) is 8.98. The number of carbonyl (C=O) groups excluding carboxylic acids is 2. The van der Waals surface area contributed by atoms with Crippen LogP contribution in [0, 0.1) is 24.2 Å². The molecule has 0 saturated carbocycles. The number of aromatic nitrogens is 1. The number of aliphatic hydroxyl groups excluding tert-OH is 2. The maximum Gasteiger partial charge on any atom is 0.309 e. The molecule has 0 bridgehead atoms. The number of aryl methyl sites for hydroxylation is 1. The number of cyclic esters (lactones) is 1. The molecule has 7 nitrogen and oxygen atoms in total. The van der Waals surface area contributed by atoms with Crippen molar-refractivity contribution < 1.29 is 29.3 Å². The number of esters is 1. The maximum atomic E-state index is 13.4. The van der Waals surface area contributed by atoms with Gasteiger partial charge in [-0.15, -0.1) is 11.3 Å². The van der Waals surface area contributed by atoms with E-state index >= 15 is 0 Å². The quantitative estimate of drug-likeness (QED) is 0.431. The van der Waals surface area contributed by atoms with Gasteiger partial charge >= 0.3 is 5.97 Å². The third kappa shape index (κ3) is 6.63. The minimum absolute atomic E-state index is 0.0460. The van der Waals surface area contributed by atoms with Gasteiger partial charge in [0.15, 0.2) is 0 Å². The first kappa shape index (κ1) is 29.0. The molecule has 3 rings (SSSR count). The highest BCUT2D eigenvalue weighted by Crippen LogP contribution is 2.45. The molecule has 0 aromatic carbocycles. The average molecular weight is 522 g/mol. The Labute approximate surface area is 219 Å². The van der Waals surface area contributed by atoms with Crippen LogP contribution in [0.3, 0.4) is 0 Å². The van der Waals surface area contributed by atoms with Crippen LogP contribution in [-0.4, -0.2) is 57.0 Å². The van der Waals surface area contributed by atoms with Crippen LogP contribution < -0.4 is 0 Å². The smallest absolute Gasteiger partial charge is 0.309 e. The molecule has 2 aliphatic heterocycles. The first-order valence-corrected chi connectivity index (χ1v) is 14.0. The van der Waals surface area contributed by atoms with E-state index in [4.69, 9.17) is 9.47 Å². The minimum Gasteiger partial charge on any atom is -0.458 e. The molecule has 2 N–H and O–H groups in total. The zero-order valence-corrected chi connectivity index (χ0v) is 23.6. The van der Waals surface area contributed by atoms with Crippen molar-refractivity contribution in [1.82, 2.24) is 4.98 Å². The lowest BCUT2D eigenvalue weighted by Gasteiger charge is -2.35. The van der Waals surface area contributed by atoms with Crippen molar-refractivity contribution >= 4 is 29.2 Å². The van der Waals surface area contributed by atoms with Gasteiger partial charge in [0.2, 0.25) is 0 Å². The number of epoxide rings is 1. The van der Waals surface area contributed by atoms with E-state index < -0.39 is 35.6 Å². The van der Waals surface area contributed by atoms with Crippen molar-refractivity contribution in [3.05, 3.63) is 21.7 Å². The fourth-order valence-corrected chi connectivity index (χ4v) is 5.86.